The van der Waals surface area contributed by atoms with Gasteiger partial charge in [0.05, 0.1) is 4.90 Å². The second kappa shape index (κ2) is 6.43. The van der Waals surface area contributed by atoms with Crippen molar-refractivity contribution in [2.75, 3.05) is 44.9 Å². The number of nitrogens with two attached hydrogens (primary N) is 2. The molecule has 0 amide bonds. The highest BCUT2D eigenvalue weighted by atomic mass is 32.2. The lowest BCUT2D eigenvalue weighted by Gasteiger charge is -2.24. The average molecular weight is 300 g/mol. The third-order valence-electron chi connectivity index (χ3n) is 3.17. The lowest BCUT2D eigenvalue weighted by atomic mass is 10.1. The summed E-state index contributed by atoms with van der Waals surface area (Å²) < 4.78 is 23.2. The molecule has 0 aromatic heterocycles. The number of hydrogen-bond donors (Lipinski definition) is 2. The van der Waals surface area contributed by atoms with Crippen LogP contribution in [0.25, 0.3) is 0 Å². The van der Waals surface area contributed by atoms with E-state index in [4.69, 9.17) is 10.9 Å². The lowest BCUT2D eigenvalue weighted by molar-refractivity contribution is 0.401. The van der Waals surface area contributed by atoms with E-state index < -0.39 is 10.0 Å². The number of nitrogen functional groups attached to an aromatic ring is 1. The normalized spacial score (nSPS) is 11.9. The van der Waals surface area contributed by atoms with Crippen LogP contribution in [-0.4, -0.2) is 47.6 Å². The largest absolute Gasteiger partial charge is 0.399 e. The number of hydrogen-bond acceptors (Lipinski definition) is 5. The van der Waals surface area contributed by atoms with Crippen LogP contribution < -0.4 is 15.8 Å². The Kier molecular flexibility index (Phi) is 5.38. The Morgan fingerprint density at radius 3 is 2.25 bits per heavy atom. The Bertz CT molecular complexity index is 570. The van der Waals surface area contributed by atoms with E-state index in [9.17, 15) is 8.42 Å². The zero-order chi connectivity index (χ0) is 15.5. The number of primary sulfonamides is 1. The van der Waals surface area contributed by atoms with Crippen molar-refractivity contribution in [1.82, 2.24) is 4.90 Å². The first-order valence-corrected chi connectivity index (χ1v) is 7.96. The van der Waals surface area contributed by atoms with Gasteiger partial charge in [-0.15, -0.1) is 0 Å². The summed E-state index contributed by atoms with van der Waals surface area (Å²) in [5, 5.41) is 5.23. The van der Waals surface area contributed by atoms with Gasteiger partial charge in [-0.25, -0.2) is 13.6 Å². The van der Waals surface area contributed by atoms with Gasteiger partial charge in [-0.2, -0.15) is 0 Å². The van der Waals surface area contributed by atoms with E-state index in [-0.39, 0.29) is 4.90 Å². The predicted octanol–water partition coefficient (Wildman–Crippen LogP) is 0.613. The zero-order valence-electron chi connectivity index (χ0n) is 12.5. The molecule has 0 aliphatic heterocycles. The first-order valence-electron chi connectivity index (χ1n) is 6.41. The Morgan fingerprint density at radius 2 is 1.75 bits per heavy atom. The minimum atomic E-state index is -3.76. The molecule has 6 nitrogen and oxygen atoms in total. The summed E-state index contributed by atoms with van der Waals surface area (Å²) in [6.45, 7) is 3.53. The van der Waals surface area contributed by atoms with E-state index in [0.717, 1.165) is 25.2 Å². The number of nitrogens with zero attached hydrogens (tertiary/aromatic N) is 2. The quantitative estimate of drug-likeness (QED) is 0.751. The first kappa shape index (κ1) is 16.7. The van der Waals surface area contributed by atoms with E-state index in [1.54, 1.807) is 13.0 Å². The van der Waals surface area contributed by atoms with Crippen molar-refractivity contribution in [2.24, 2.45) is 5.14 Å². The van der Waals surface area contributed by atoms with Crippen molar-refractivity contribution in [3.63, 3.8) is 0 Å². The minimum absolute atomic E-state index is 0.0898. The van der Waals surface area contributed by atoms with Gasteiger partial charge in [0.2, 0.25) is 10.0 Å². The van der Waals surface area contributed by atoms with Crippen LogP contribution in [0.4, 0.5) is 11.4 Å². The summed E-state index contributed by atoms with van der Waals surface area (Å²) in [4.78, 5) is 4.20. The Morgan fingerprint density at radius 1 is 1.15 bits per heavy atom. The summed E-state index contributed by atoms with van der Waals surface area (Å²) in [6, 6.07) is 3.18. The SMILES string of the molecule is Cc1c(N(C)CCCN(C)C)cc(N)cc1S(N)(=O)=O. The predicted molar refractivity (Wildman–Crippen MR) is 83.4 cm³/mol. The maximum atomic E-state index is 11.6. The Balaban J connectivity index is 3.03. The summed E-state index contributed by atoms with van der Waals surface area (Å²) in [5.74, 6) is 0. The van der Waals surface area contributed by atoms with Gasteiger partial charge in [0.25, 0.3) is 0 Å². The van der Waals surface area contributed by atoms with Crippen LogP contribution >= 0.6 is 0 Å². The molecule has 0 bridgehead atoms. The summed E-state index contributed by atoms with van der Waals surface area (Å²) >= 11 is 0. The van der Waals surface area contributed by atoms with Gasteiger partial charge in [-0.3, -0.25) is 0 Å². The van der Waals surface area contributed by atoms with Crippen molar-refractivity contribution >= 4 is 21.4 Å². The molecule has 0 heterocycles. The Hall–Kier alpha value is -1.31. The molecule has 7 heteroatoms. The van der Waals surface area contributed by atoms with Crippen molar-refractivity contribution in [3.05, 3.63) is 17.7 Å². The molecule has 0 fully saturated rings. The van der Waals surface area contributed by atoms with Crippen LogP contribution in [0.2, 0.25) is 0 Å². The second-order valence-corrected chi connectivity index (χ2v) is 6.82. The molecule has 0 radical (unpaired) electrons. The highest BCUT2D eigenvalue weighted by molar-refractivity contribution is 7.89. The smallest absolute Gasteiger partial charge is 0.238 e. The van der Waals surface area contributed by atoms with Crippen LogP contribution in [0.3, 0.4) is 0 Å². The van der Waals surface area contributed by atoms with Gasteiger partial charge in [-0.05, 0) is 51.7 Å². The second-order valence-electron chi connectivity index (χ2n) is 5.29. The van der Waals surface area contributed by atoms with Crippen LogP contribution in [0.15, 0.2) is 17.0 Å². The highest BCUT2D eigenvalue weighted by Crippen LogP contribution is 2.28. The average Bonchev–Trinajstić information content (AvgIpc) is 2.29. The van der Waals surface area contributed by atoms with Gasteiger partial charge in [0.1, 0.15) is 0 Å². The molecule has 0 saturated heterocycles. The molecule has 4 N–H and O–H groups in total. The fourth-order valence-electron chi connectivity index (χ4n) is 2.13. The summed E-state index contributed by atoms with van der Waals surface area (Å²) in [5.41, 5.74) is 7.61. The highest BCUT2D eigenvalue weighted by Gasteiger charge is 2.17. The molecular formula is C13H24N4O2S. The third kappa shape index (κ3) is 4.36. The van der Waals surface area contributed by atoms with Gasteiger partial charge in [0.15, 0.2) is 0 Å². The standard InChI is InChI=1S/C13H24N4O2S/c1-10-12(17(4)7-5-6-16(2)3)8-11(14)9-13(10)20(15,18)19/h8-9H,5-7,14H2,1-4H3,(H2,15,18,19). The lowest BCUT2D eigenvalue weighted by Crippen LogP contribution is -2.25. The van der Waals surface area contributed by atoms with Crippen molar-refractivity contribution in [1.29, 1.82) is 0 Å². The third-order valence-corrected chi connectivity index (χ3v) is 4.21. The Labute approximate surface area is 121 Å². The van der Waals surface area contributed by atoms with Gasteiger partial charge >= 0.3 is 0 Å². The van der Waals surface area contributed by atoms with Gasteiger partial charge < -0.3 is 15.5 Å². The van der Waals surface area contributed by atoms with E-state index >= 15 is 0 Å². The minimum Gasteiger partial charge on any atom is -0.399 e. The molecule has 114 valence electrons. The molecule has 0 spiro atoms. The number of benzene rings is 1. The first-order chi connectivity index (χ1) is 9.12. The molecule has 0 aliphatic rings. The fraction of sp³-hybridized carbons (Fsp3) is 0.538. The van der Waals surface area contributed by atoms with Gasteiger partial charge in [-0.1, -0.05) is 0 Å². The van der Waals surface area contributed by atoms with Crippen molar-refractivity contribution in [2.45, 2.75) is 18.2 Å². The molecule has 1 aromatic rings. The number of rotatable bonds is 6. The maximum absolute atomic E-state index is 11.6. The van der Waals surface area contributed by atoms with Crippen LogP contribution in [-0.2, 0) is 10.0 Å². The van der Waals surface area contributed by atoms with E-state index in [1.165, 1.54) is 6.07 Å². The van der Waals surface area contributed by atoms with Crippen molar-refractivity contribution in [3.8, 4) is 0 Å². The maximum Gasteiger partial charge on any atom is 0.238 e. The number of sulfonamides is 1. The molecular weight excluding hydrogens is 276 g/mol. The molecule has 0 unspecified atom stereocenters. The van der Waals surface area contributed by atoms with Gasteiger partial charge in [0, 0.05) is 25.0 Å². The number of anilines is 2. The molecule has 0 atom stereocenters. The molecule has 20 heavy (non-hydrogen) atoms. The summed E-state index contributed by atoms with van der Waals surface area (Å²) in [6.07, 6.45) is 0.975. The van der Waals surface area contributed by atoms with E-state index in [1.807, 2.05) is 26.0 Å². The van der Waals surface area contributed by atoms with E-state index in [0.29, 0.717) is 11.3 Å². The molecule has 1 rings (SSSR count). The monoisotopic (exact) mass is 300 g/mol. The van der Waals surface area contributed by atoms with Crippen LogP contribution in [0.5, 0.6) is 0 Å². The van der Waals surface area contributed by atoms with Crippen LogP contribution in [0, 0.1) is 6.92 Å². The molecule has 0 saturated carbocycles. The van der Waals surface area contributed by atoms with Crippen LogP contribution in [0.1, 0.15) is 12.0 Å². The molecule has 1 aromatic carbocycles. The summed E-state index contributed by atoms with van der Waals surface area (Å²) in [7, 11) is 2.20. The van der Waals surface area contributed by atoms with Crippen molar-refractivity contribution < 1.29 is 8.42 Å². The topological polar surface area (TPSA) is 92.7 Å². The molecule has 0 aliphatic carbocycles. The fourth-order valence-corrected chi connectivity index (χ4v) is 2.96. The zero-order valence-corrected chi connectivity index (χ0v) is 13.4. The van der Waals surface area contributed by atoms with E-state index in [2.05, 4.69) is 4.90 Å².